The maximum absolute atomic E-state index is 12.1. The number of hydrogen-bond donors (Lipinski definition) is 2. The molecular formula is C12H20N4O2. The van der Waals surface area contributed by atoms with Crippen molar-refractivity contribution >= 4 is 11.6 Å². The fraction of sp³-hybridized carbons (Fsp3) is 0.667. The molecule has 1 aliphatic rings. The first-order chi connectivity index (χ1) is 8.63. The summed E-state index contributed by atoms with van der Waals surface area (Å²) < 4.78 is 6.82. The van der Waals surface area contributed by atoms with Crippen LogP contribution in [0.4, 0.5) is 5.69 Å². The molecule has 2 heterocycles. The van der Waals surface area contributed by atoms with Crippen molar-refractivity contribution in [1.29, 1.82) is 0 Å². The Hall–Kier alpha value is -1.56. The first-order valence-electron chi connectivity index (χ1n) is 6.30. The number of ether oxygens (including phenoxy) is 1. The molecule has 0 bridgehead atoms. The molecule has 0 spiro atoms. The molecule has 1 saturated heterocycles. The first-order valence-corrected chi connectivity index (χ1v) is 6.30. The van der Waals surface area contributed by atoms with Gasteiger partial charge < -0.3 is 15.8 Å². The second-order valence-electron chi connectivity index (χ2n) is 4.63. The van der Waals surface area contributed by atoms with Gasteiger partial charge in [0, 0.05) is 26.1 Å². The lowest BCUT2D eigenvalue weighted by atomic mass is 10.1. The minimum Gasteiger partial charge on any atom is -0.395 e. The average molecular weight is 252 g/mol. The summed E-state index contributed by atoms with van der Waals surface area (Å²) in [5, 5.41) is 7.14. The molecule has 1 amide bonds. The normalized spacial score (nSPS) is 19.1. The van der Waals surface area contributed by atoms with E-state index in [0.29, 0.717) is 23.8 Å². The van der Waals surface area contributed by atoms with Crippen molar-refractivity contribution in [3.8, 4) is 0 Å². The molecule has 2 rings (SSSR count). The van der Waals surface area contributed by atoms with Crippen LogP contribution in [0.15, 0.2) is 0 Å². The van der Waals surface area contributed by atoms with Crippen molar-refractivity contribution in [2.75, 3.05) is 25.5 Å². The molecule has 1 aromatic rings. The predicted octanol–water partition coefficient (Wildman–Crippen LogP) is 0.331. The van der Waals surface area contributed by atoms with Gasteiger partial charge in [0.2, 0.25) is 0 Å². The minimum absolute atomic E-state index is 0.158. The number of nitrogen functional groups attached to an aromatic ring is 1. The number of hydrogen-bond acceptors (Lipinski definition) is 4. The van der Waals surface area contributed by atoms with Crippen molar-refractivity contribution in [1.82, 2.24) is 15.1 Å². The summed E-state index contributed by atoms with van der Waals surface area (Å²) in [5.74, 6) is 0.253. The number of nitrogens with one attached hydrogen (secondary N) is 1. The predicted molar refractivity (Wildman–Crippen MR) is 68.3 cm³/mol. The fourth-order valence-electron chi connectivity index (χ4n) is 2.19. The van der Waals surface area contributed by atoms with E-state index >= 15 is 0 Å². The summed E-state index contributed by atoms with van der Waals surface area (Å²) in [7, 11) is 1.74. The third-order valence-electron chi connectivity index (χ3n) is 3.29. The van der Waals surface area contributed by atoms with Crippen LogP contribution < -0.4 is 11.1 Å². The van der Waals surface area contributed by atoms with E-state index < -0.39 is 0 Å². The lowest BCUT2D eigenvalue weighted by molar-refractivity contribution is 0.0936. The summed E-state index contributed by atoms with van der Waals surface area (Å²) in [4.78, 5) is 12.1. The molecule has 6 nitrogen and oxygen atoms in total. The van der Waals surface area contributed by atoms with E-state index in [4.69, 9.17) is 10.5 Å². The molecule has 1 aromatic heterocycles. The Morgan fingerprint density at radius 3 is 3.00 bits per heavy atom. The third kappa shape index (κ3) is 2.48. The number of rotatable bonds is 4. The van der Waals surface area contributed by atoms with Crippen molar-refractivity contribution < 1.29 is 9.53 Å². The topological polar surface area (TPSA) is 82.2 Å². The quantitative estimate of drug-likeness (QED) is 0.809. The summed E-state index contributed by atoms with van der Waals surface area (Å²) in [6.07, 6.45) is 1.73. The number of anilines is 1. The molecule has 0 aromatic carbocycles. The molecule has 0 aliphatic carbocycles. The van der Waals surface area contributed by atoms with Gasteiger partial charge in [0.05, 0.1) is 18.0 Å². The van der Waals surface area contributed by atoms with Crippen LogP contribution in [-0.2, 0) is 18.2 Å². The van der Waals surface area contributed by atoms with Crippen molar-refractivity contribution in [3.05, 3.63) is 11.4 Å². The highest BCUT2D eigenvalue weighted by atomic mass is 16.5. The molecule has 0 radical (unpaired) electrons. The van der Waals surface area contributed by atoms with E-state index in [0.717, 1.165) is 31.7 Å². The lowest BCUT2D eigenvalue weighted by Crippen LogP contribution is -2.31. The highest BCUT2D eigenvalue weighted by Gasteiger charge is 2.21. The van der Waals surface area contributed by atoms with Crippen LogP contribution in [0.5, 0.6) is 0 Å². The van der Waals surface area contributed by atoms with Crippen LogP contribution >= 0.6 is 0 Å². The van der Waals surface area contributed by atoms with Gasteiger partial charge >= 0.3 is 0 Å². The summed E-state index contributed by atoms with van der Waals surface area (Å²) in [6, 6.07) is 0. The molecule has 6 heteroatoms. The Bertz CT molecular complexity index is 436. The van der Waals surface area contributed by atoms with Crippen molar-refractivity contribution in [3.63, 3.8) is 0 Å². The van der Waals surface area contributed by atoms with Gasteiger partial charge in [0.1, 0.15) is 5.69 Å². The largest absolute Gasteiger partial charge is 0.395 e. The number of amides is 1. The molecule has 1 unspecified atom stereocenters. The van der Waals surface area contributed by atoms with Gasteiger partial charge in [-0.15, -0.1) is 0 Å². The number of carbonyl (C=O) groups excluding carboxylic acids is 1. The third-order valence-corrected chi connectivity index (χ3v) is 3.29. The number of carbonyl (C=O) groups is 1. The van der Waals surface area contributed by atoms with E-state index in [9.17, 15) is 4.79 Å². The van der Waals surface area contributed by atoms with Crippen LogP contribution in [0.2, 0.25) is 0 Å². The maximum Gasteiger partial charge on any atom is 0.271 e. The van der Waals surface area contributed by atoms with Gasteiger partial charge in [0.15, 0.2) is 0 Å². The molecule has 0 saturated carbocycles. The lowest BCUT2D eigenvalue weighted by Gasteiger charge is -2.10. The molecule has 3 N–H and O–H groups in total. The monoisotopic (exact) mass is 252 g/mol. The van der Waals surface area contributed by atoms with Gasteiger partial charge in [-0.25, -0.2) is 0 Å². The van der Waals surface area contributed by atoms with E-state index in [1.807, 2.05) is 6.92 Å². The Balaban J connectivity index is 2.01. The van der Waals surface area contributed by atoms with E-state index in [1.54, 1.807) is 11.7 Å². The van der Waals surface area contributed by atoms with Crippen LogP contribution in [0.1, 0.15) is 29.5 Å². The highest BCUT2D eigenvalue weighted by molar-refractivity contribution is 5.97. The summed E-state index contributed by atoms with van der Waals surface area (Å²) >= 11 is 0. The second kappa shape index (κ2) is 5.39. The van der Waals surface area contributed by atoms with Gasteiger partial charge in [-0.2, -0.15) is 5.10 Å². The van der Waals surface area contributed by atoms with Crippen LogP contribution in [0.25, 0.3) is 0 Å². The second-order valence-corrected chi connectivity index (χ2v) is 4.63. The maximum atomic E-state index is 12.1. The summed E-state index contributed by atoms with van der Waals surface area (Å²) in [6.45, 7) is 4.11. The molecular weight excluding hydrogens is 232 g/mol. The van der Waals surface area contributed by atoms with Crippen LogP contribution in [0, 0.1) is 5.92 Å². The van der Waals surface area contributed by atoms with Crippen molar-refractivity contribution in [2.45, 2.75) is 19.8 Å². The van der Waals surface area contributed by atoms with Crippen LogP contribution in [-0.4, -0.2) is 35.4 Å². The first kappa shape index (κ1) is 12.9. The molecule has 1 fully saturated rings. The van der Waals surface area contributed by atoms with Gasteiger partial charge in [-0.3, -0.25) is 9.48 Å². The molecule has 1 atom stereocenters. The number of aromatic nitrogens is 2. The van der Waals surface area contributed by atoms with Gasteiger partial charge in [-0.05, 0) is 12.8 Å². The van der Waals surface area contributed by atoms with Crippen LogP contribution in [0.3, 0.4) is 0 Å². The Kier molecular flexibility index (Phi) is 3.86. The Labute approximate surface area is 106 Å². The van der Waals surface area contributed by atoms with Crippen molar-refractivity contribution in [2.24, 2.45) is 13.0 Å². The Morgan fingerprint density at radius 2 is 2.44 bits per heavy atom. The van der Waals surface area contributed by atoms with E-state index in [-0.39, 0.29) is 5.91 Å². The number of nitrogens with two attached hydrogens (primary N) is 1. The highest BCUT2D eigenvalue weighted by Crippen LogP contribution is 2.17. The zero-order chi connectivity index (χ0) is 13.1. The molecule has 100 valence electrons. The molecule has 1 aliphatic heterocycles. The fourth-order valence-corrected chi connectivity index (χ4v) is 2.19. The minimum atomic E-state index is -0.158. The van der Waals surface area contributed by atoms with Gasteiger partial charge in [-0.1, -0.05) is 6.92 Å². The van der Waals surface area contributed by atoms with E-state index in [2.05, 4.69) is 10.4 Å². The average Bonchev–Trinajstić information content (AvgIpc) is 2.94. The molecule has 18 heavy (non-hydrogen) atoms. The number of aryl methyl sites for hydroxylation is 2. The SMILES string of the molecule is CCc1nn(C)c(C(=O)NCC2CCOC2)c1N. The Morgan fingerprint density at radius 1 is 1.67 bits per heavy atom. The zero-order valence-electron chi connectivity index (χ0n) is 10.9. The number of nitrogens with zero attached hydrogens (tertiary/aromatic N) is 2. The summed E-state index contributed by atoms with van der Waals surface area (Å²) in [5.41, 5.74) is 7.64. The standard InChI is InChI=1S/C12H20N4O2/c1-3-9-10(13)11(16(2)15-9)12(17)14-6-8-4-5-18-7-8/h8H,3-7,13H2,1-2H3,(H,14,17). The van der Waals surface area contributed by atoms with E-state index in [1.165, 1.54) is 0 Å². The van der Waals surface area contributed by atoms with Gasteiger partial charge in [0.25, 0.3) is 5.91 Å². The zero-order valence-corrected chi connectivity index (χ0v) is 10.9. The smallest absolute Gasteiger partial charge is 0.271 e.